The maximum Gasteiger partial charge on any atom is 0.233 e. The van der Waals surface area contributed by atoms with Crippen LogP contribution in [0, 0.1) is 13.8 Å². The molecule has 0 aliphatic rings. The van der Waals surface area contributed by atoms with Crippen LogP contribution in [0.3, 0.4) is 0 Å². The average molecular weight is 486 g/mol. The number of Topliss-reactive ketones (excluding diaryl/α,β-unsaturated/α-hetero) is 1. The molecule has 0 N–H and O–H groups in total. The summed E-state index contributed by atoms with van der Waals surface area (Å²) in [7, 11) is -3.71. The molecule has 3 aromatic heterocycles. The first kappa shape index (κ1) is 22.7. The molecule has 0 amide bonds. The third-order valence-corrected chi connectivity index (χ3v) is 7.59. The second-order valence-corrected chi connectivity index (χ2v) is 10.3. The van der Waals surface area contributed by atoms with Crippen molar-refractivity contribution in [1.82, 2.24) is 24.1 Å². The molecule has 0 aliphatic carbocycles. The number of fused-ring (bicyclic) bond motifs is 1. The van der Waals surface area contributed by atoms with Crippen molar-refractivity contribution in [2.24, 2.45) is 0 Å². The van der Waals surface area contributed by atoms with E-state index in [9.17, 15) is 13.2 Å². The number of aryl methyl sites for hydroxylation is 3. The average Bonchev–Trinajstić information content (AvgIpc) is 3.47. The topological polar surface area (TPSA) is 99.2 Å². The van der Waals surface area contributed by atoms with E-state index in [1.807, 2.05) is 26.0 Å². The summed E-state index contributed by atoms with van der Waals surface area (Å²) in [6, 6.07) is 15.4. The molecule has 0 aliphatic heterocycles. The maximum absolute atomic E-state index is 13.3. The molecule has 5 aromatic rings. The highest BCUT2D eigenvalue weighted by molar-refractivity contribution is 7.91. The summed E-state index contributed by atoms with van der Waals surface area (Å²) in [6.45, 7) is 3.82. The third kappa shape index (κ3) is 4.50. The number of benzene rings is 2. The van der Waals surface area contributed by atoms with Crippen molar-refractivity contribution < 1.29 is 13.2 Å². The number of carbonyl (C=O) groups is 1. The number of sulfone groups is 1. The van der Waals surface area contributed by atoms with Crippen LogP contribution in [0.15, 0.2) is 89.2 Å². The summed E-state index contributed by atoms with van der Waals surface area (Å²) in [5.41, 5.74) is 3.87. The van der Waals surface area contributed by atoms with Gasteiger partial charge in [-0.1, -0.05) is 18.2 Å². The van der Waals surface area contributed by atoms with E-state index in [1.54, 1.807) is 70.1 Å². The molecule has 0 unspecified atom stereocenters. The maximum atomic E-state index is 13.3. The quantitative estimate of drug-likeness (QED) is 0.321. The van der Waals surface area contributed by atoms with Crippen LogP contribution < -0.4 is 0 Å². The molecule has 0 atom stereocenters. The van der Waals surface area contributed by atoms with Crippen molar-refractivity contribution >= 4 is 21.4 Å². The molecule has 5 rings (SSSR count). The van der Waals surface area contributed by atoms with Gasteiger partial charge < -0.3 is 0 Å². The third-order valence-electron chi connectivity index (χ3n) is 5.82. The zero-order valence-corrected chi connectivity index (χ0v) is 20.1. The predicted molar refractivity (Wildman–Crippen MR) is 131 cm³/mol. The Kier molecular flexibility index (Phi) is 5.78. The summed E-state index contributed by atoms with van der Waals surface area (Å²) in [5, 5.41) is 4.44. The van der Waals surface area contributed by atoms with Crippen LogP contribution in [-0.4, -0.2) is 38.4 Å². The predicted octanol–water partition coefficient (Wildman–Crippen LogP) is 4.18. The minimum atomic E-state index is -3.71. The number of carbonyl (C=O) groups excluding carboxylic acids is 1. The monoisotopic (exact) mass is 485 g/mol. The molecule has 0 radical (unpaired) electrons. The van der Waals surface area contributed by atoms with Crippen LogP contribution in [0.4, 0.5) is 0 Å². The molecule has 0 saturated carbocycles. The fourth-order valence-electron chi connectivity index (χ4n) is 4.01. The van der Waals surface area contributed by atoms with Gasteiger partial charge in [0, 0.05) is 36.9 Å². The highest BCUT2D eigenvalue weighted by atomic mass is 32.2. The van der Waals surface area contributed by atoms with Gasteiger partial charge in [0.25, 0.3) is 0 Å². The number of aromatic nitrogens is 5. The number of rotatable bonds is 7. The van der Waals surface area contributed by atoms with Crippen LogP contribution >= 0.6 is 0 Å². The second-order valence-electron chi connectivity index (χ2n) is 8.38. The Morgan fingerprint density at radius 3 is 2.51 bits per heavy atom. The number of hydrogen-bond donors (Lipinski definition) is 0. The summed E-state index contributed by atoms with van der Waals surface area (Å²) >= 11 is 0. The van der Waals surface area contributed by atoms with Gasteiger partial charge in [-0.2, -0.15) is 5.10 Å². The molecule has 8 nitrogen and oxygen atoms in total. The van der Waals surface area contributed by atoms with Gasteiger partial charge >= 0.3 is 0 Å². The Balaban J connectivity index is 1.31. The largest absolute Gasteiger partial charge is 0.294 e. The Morgan fingerprint density at radius 1 is 0.971 bits per heavy atom. The van der Waals surface area contributed by atoms with E-state index < -0.39 is 9.84 Å². The van der Waals surface area contributed by atoms with Gasteiger partial charge in [0.2, 0.25) is 15.6 Å². The summed E-state index contributed by atoms with van der Waals surface area (Å²) < 4.78 is 29.9. The van der Waals surface area contributed by atoms with Crippen molar-refractivity contribution in [2.75, 3.05) is 0 Å². The number of nitrogens with zero attached hydrogens (tertiary/aromatic N) is 5. The lowest BCUT2D eigenvalue weighted by Crippen LogP contribution is -2.06. The van der Waals surface area contributed by atoms with Gasteiger partial charge in [0.05, 0.1) is 26.7 Å². The van der Waals surface area contributed by atoms with E-state index >= 15 is 0 Å². The summed E-state index contributed by atoms with van der Waals surface area (Å²) in [4.78, 5) is 21.2. The standard InChI is InChI=1S/C26H23N5O3S/c1-18-14-19(2)31(29-18)22-4-3-5-24(15-22)35(33,34)23-9-6-20(7-10-23)8-11-25(32)21-16-28-26-27-12-13-30(26)17-21/h3-7,9-10,12-17H,8,11H2,1-2H3. The lowest BCUT2D eigenvalue weighted by Gasteiger charge is -2.09. The summed E-state index contributed by atoms with van der Waals surface area (Å²) in [6.07, 6.45) is 7.40. The smallest absolute Gasteiger partial charge is 0.233 e. The van der Waals surface area contributed by atoms with E-state index in [0.29, 0.717) is 29.9 Å². The van der Waals surface area contributed by atoms with Crippen molar-refractivity contribution in [3.63, 3.8) is 0 Å². The first-order valence-corrected chi connectivity index (χ1v) is 12.6. The molecule has 35 heavy (non-hydrogen) atoms. The lowest BCUT2D eigenvalue weighted by atomic mass is 10.0. The van der Waals surface area contributed by atoms with Gasteiger partial charge in [-0.05, 0) is 62.2 Å². The molecular formula is C26H23N5O3S. The van der Waals surface area contributed by atoms with E-state index in [-0.39, 0.29) is 15.6 Å². The zero-order chi connectivity index (χ0) is 24.6. The highest BCUT2D eigenvalue weighted by Gasteiger charge is 2.19. The van der Waals surface area contributed by atoms with Crippen LogP contribution in [-0.2, 0) is 16.3 Å². The van der Waals surface area contributed by atoms with E-state index in [0.717, 1.165) is 17.0 Å². The van der Waals surface area contributed by atoms with Crippen molar-refractivity contribution in [3.05, 3.63) is 102 Å². The van der Waals surface area contributed by atoms with Crippen LogP contribution in [0.2, 0.25) is 0 Å². The number of hydrogen-bond acceptors (Lipinski definition) is 6. The van der Waals surface area contributed by atoms with Crippen LogP contribution in [0.5, 0.6) is 0 Å². The Hall–Kier alpha value is -4.11. The molecule has 2 aromatic carbocycles. The fraction of sp³-hybridized carbons (Fsp3) is 0.154. The van der Waals surface area contributed by atoms with Crippen molar-refractivity contribution in [3.8, 4) is 5.69 Å². The lowest BCUT2D eigenvalue weighted by molar-refractivity contribution is 0.0982. The first-order chi connectivity index (χ1) is 16.8. The highest BCUT2D eigenvalue weighted by Crippen LogP contribution is 2.24. The Bertz CT molecular complexity index is 1650. The second kappa shape index (κ2) is 8.92. The van der Waals surface area contributed by atoms with Gasteiger partial charge in [0.1, 0.15) is 0 Å². The van der Waals surface area contributed by atoms with Crippen LogP contribution in [0.25, 0.3) is 11.5 Å². The van der Waals surface area contributed by atoms with Gasteiger partial charge in [-0.15, -0.1) is 0 Å². The van der Waals surface area contributed by atoms with Gasteiger partial charge in [-0.3, -0.25) is 9.20 Å². The number of ketones is 1. The molecule has 0 bridgehead atoms. The Labute approximate surface area is 202 Å². The zero-order valence-electron chi connectivity index (χ0n) is 19.3. The van der Waals surface area contributed by atoms with Crippen molar-refractivity contribution in [2.45, 2.75) is 36.5 Å². The van der Waals surface area contributed by atoms with Crippen LogP contribution in [0.1, 0.15) is 33.7 Å². The van der Waals surface area contributed by atoms with E-state index in [4.69, 9.17) is 0 Å². The minimum absolute atomic E-state index is 0.0363. The molecule has 3 heterocycles. The minimum Gasteiger partial charge on any atom is -0.294 e. The number of imidazole rings is 1. The molecule has 0 saturated heterocycles. The molecule has 0 spiro atoms. The molecule has 9 heteroatoms. The first-order valence-electron chi connectivity index (χ1n) is 11.1. The van der Waals surface area contributed by atoms with E-state index in [1.165, 1.54) is 6.20 Å². The molecular weight excluding hydrogens is 462 g/mol. The van der Waals surface area contributed by atoms with Crippen molar-refractivity contribution in [1.29, 1.82) is 0 Å². The fourth-order valence-corrected chi connectivity index (χ4v) is 5.31. The molecule has 176 valence electrons. The SMILES string of the molecule is Cc1cc(C)n(-c2cccc(S(=O)(=O)c3ccc(CCC(=O)c4cnc5nccn5c4)cc3)c2)n1. The Morgan fingerprint density at radius 2 is 1.77 bits per heavy atom. The summed E-state index contributed by atoms with van der Waals surface area (Å²) in [5.74, 6) is 0.504. The molecule has 0 fully saturated rings. The normalized spacial score (nSPS) is 11.7. The van der Waals surface area contributed by atoms with Gasteiger partial charge in [-0.25, -0.2) is 23.1 Å². The van der Waals surface area contributed by atoms with Gasteiger partial charge in [0.15, 0.2) is 5.78 Å². The van der Waals surface area contributed by atoms with E-state index in [2.05, 4.69) is 15.1 Å².